The first-order valence-corrected chi connectivity index (χ1v) is 8.22. The average molecular weight is 328 g/mol. The lowest BCUT2D eigenvalue weighted by Gasteiger charge is -2.14. The molecule has 1 aliphatic rings. The van der Waals surface area contributed by atoms with Gasteiger partial charge in [0.05, 0.1) is 12.3 Å². The van der Waals surface area contributed by atoms with Crippen LogP contribution in [-0.2, 0) is 0 Å². The maximum atomic E-state index is 5.96. The largest absolute Gasteiger partial charge is 0.494 e. The normalized spacial score (nSPS) is 13.3. The Balaban J connectivity index is 1.67. The van der Waals surface area contributed by atoms with E-state index in [4.69, 9.17) is 21.7 Å². The molecule has 4 nitrogen and oxygen atoms in total. The van der Waals surface area contributed by atoms with Crippen LogP contribution in [-0.4, -0.2) is 17.8 Å². The first-order valence-electron chi connectivity index (χ1n) is 7.82. The molecule has 1 saturated carbocycles. The lowest BCUT2D eigenvalue weighted by Crippen LogP contribution is -2.30. The number of hydrogen-bond acceptors (Lipinski definition) is 3. The summed E-state index contributed by atoms with van der Waals surface area (Å²) in [5.74, 6) is 2.32. The number of thiocarbonyl (C=S) groups is 1. The molecule has 0 unspecified atom stereocenters. The van der Waals surface area contributed by atoms with E-state index in [9.17, 15) is 0 Å². The van der Waals surface area contributed by atoms with Crippen molar-refractivity contribution in [1.29, 1.82) is 0 Å². The predicted octanol–water partition coefficient (Wildman–Crippen LogP) is 4.33. The van der Waals surface area contributed by atoms with Crippen molar-refractivity contribution < 1.29 is 9.47 Å². The molecule has 1 aliphatic carbocycles. The molecule has 0 heterocycles. The van der Waals surface area contributed by atoms with Gasteiger partial charge in [0.2, 0.25) is 0 Å². The van der Waals surface area contributed by atoms with Gasteiger partial charge >= 0.3 is 0 Å². The Morgan fingerprint density at radius 2 is 1.78 bits per heavy atom. The summed E-state index contributed by atoms with van der Waals surface area (Å²) in [5, 5.41) is 7.10. The van der Waals surface area contributed by atoms with Crippen LogP contribution in [0.3, 0.4) is 0 Å². The topological polar surface area (TPSA) is 42.5 Å². The second kappa shape index (κ2) is 7.33. The van der Waals surface area contributed by atoms with E-state index >= 15 is 0 Å². The Hall–Kier alpha value is -2.27. The third-order valence-corrected chi connectivity index (χ3v) is 3.63. The van der Waals surface area contributed by atoms with Crippen LogP contribution in [0.25, 0.3) is 0 Å². The maximum absolute atomic E-state index is 5.96. The van der Waals surface area contributed by atoms with E-state index in [0.717, 1.165) is 22.9 Å². The van der Waals surface area contributed by atoms with E-state index in [2.05, 4.69) is 10.6 Å². The molecule has 0 saturated heterocycles. The number of rotatable bonds is 6. The van der Waals surface area contributed by atoms with Crippen LogP contribution >= 0.6 is 12.2 Å². The monoisotopic (exact) mass is 328 g/mol. The minimum absolute atomic E-state index is 0.522. The number of ether oxygens (including phenoxy) is 2. The van der Waals surface area contributed by atoms with Crippen molar-refractivity contribution in [3.05, 3.63) is 48.5 Å². The molecule has 2 N–H and O–H groups in total. The number of anilines is 1. The fourth-order valence-electron chi connectivity index (χ4n) is 2.13. The second-order valence-electron chi connectivity index (χ2n) is 5.38. The highest BCUT2D eigenvalue weighted by atomic mass is 32.1. The van der Waals surface area contributed by atoms with Crippen LogP contribution in [0, 0.1) is 0 Å². The van der Waals surface area contributed by atoms with Gasteiger partial charge in [-0.3, -0.25) is 0 Å². The standard InChI is InChI=1S/C18H20N2O2S/c1-2-21-14-9-11-15(12-10-14)22-17-6-4-3-5-16(17)20-18(23)19-13-7-8-13/h3-6,9-13H,2,7-8H2,1H3,(H2,19,20,23). The summed E-state index contributed by atoms with van der Waals surface area (Å²) in [5.41, 5.74) is 0.847. The van der Waals surface area contributed by atoms with Gasteiger partial charge in [0.1, 0.15) is 11.5 Å². The summed E-state index contributed by atoms with van der Waals surface area (Å²) in [6.45, 7) is 2.61. The Morgan fingerprint density at radius 1 is 1.09 bits per heavy atom. The minimum Gasteiger partial charge on any atom is -0.494 e. The van der Waals surface area contributed by atoms with Crippen molar-refractivity contribution in [3.8, 4) is 17.2 Å². The predicted molar refractivity (Wildman–Crippen MR) is 96.5 cm³/mol. The van der Waals surface area contributed by atoms with Gasteiger partial charge in [0.25, 0.3) is 0 Å². The highest BCUT2D eigenvalue weighted by Crippen LogP contribution is 2.30. The SMILES string of the molecule is CCOc1ccc(Oc2ccccc2NC(=S)NC2CC2)cc1. The Labute approximate surface area is 141 Å². The number of para-hydroxylation sites is 2. The van der Waals surface area contributed by atoms with Gasteiger partial charge < -0.3 is 20.1 Å². The summed E-state index contributed by atoms with van der Waals surface area (Å²) < 4.78 is 11.4. The van der Waals surface area contributed by atoms with Gasteiger partial charge in [0.15, 0.2) is 10.9 Å². The molecule has 3 rings (SSSR count). The molecule has 0 aliphatic heterocycles. The Morgan fingerprint density at radius 3 is 2.48 bits per heavy atom. The highest BCUT2D eigenvalue weighted by molar-refractivity contribution is 7.80. The van der Waals surface area contributed by atoms with Crippen LogP contribution in [0.15, 0.2) is 48.5 Å². The molecule has 0 radical (unpaired) electrons. The van der Waals surface area contributed by atoms with E-state index in [1.807, 2.05) is 55.5 Å². The Kier molecular flexibility index (Phi) is 4.98. The quantitative estimate of drug-likeness (QED) is 0.773. The van der Waals surface area contributed by atoms with Crippen molar-refractivity contribution in [2.24, 2.45) is 0 Å². The molecule has 23 heavy (non-hydrogen) atoms. The van der Waals surface area contributed by atoms with Gasteiger partial charge in [-0.25, -0.2) is 0 Å². The van der Waals surface area contributed by atoms with Crippen molar-refractivity contribution >= 4 is 23.0 Å². The molecule has 0 bridgehead atoms. The van der Waals surface area contributed by atoms with Crippen LogP contribution in [0.4, 0.5) is 5.69 Å². The zero-order valence-corrected chi connectivity index (χ0v) is 13.9. The van der Waals surface area contributed by atoms with Crippen molar-refractivity contribution in [2.75, 3.05) is 11.9 Å². The molecule has 120 valence electrons. The van der Waals surface area contributed by atoms with Gasteiger partial charge in [-0.15, -0.1) is 0 Å². The van der Waals surface area contributed by atoms with E-state index in [1.54, 1.807) is 0 Å². The van der Waals surface area contributed by atoms with Crippen LogP contribution in [0.5, 0.6) is 17.2 Å². The smallest absolute Gasteiger partial charge is 0.171 e. The van der Waals surface area contributed by atoms with Gasteiger partial charge in [0, 0.05) is 6.04 Å². The van der Waals surface area contributed by atoms with E-state index in [0.29, 0.717) is 17.8 Å². The number of hydrogen-bond donors (Lipinski definition) is 2. The fraction of sp³-hybridized carbons (Fsp3) is 0.278. The lowest BCUT2D eigenvalue weighted by atomic mass is 10.3. The van der Waals surface area contributed by atoms with E-state index in [1.165, 1.54) is 12.8 Å². The first-order chi connectivity index (χ1) is 11.2. The molecule has 0 spiro atoms. The van der Waals surface area contributed by atoms with Gasteiger partial charge in [-0.05, 0) is 68.4 Å². The number of benzene rings is 2. The maximum Gasteiger partial charge on any atom is 0.171 e. The molecule has 1 fully saturated rings. The lowest BCUT2D eigenvalue weighted by molar-refractivity contribution is 0.339. The van der Waals surface area contributed by atoms with Crippen LogP contribution in [0.1, 0.15) is 19.8 Å². The highest BCUT2D eigenvalue weighted by Gasteiger charge is 2.22. The summed E-state index contributed by atoms with van der Waals surface area (Å²) in [6, 6.07) is 15.9. The van der Waals surface area contributed by atoms with Gasteiger partial charge in [-0.1, -0.05) is 12.1 Å². The molecule has 5 heteroatoms. The molecule has 2 aromatic carbocycles. The summed E-state index contributed by atoms with van der Waals surface area (Å²) >= 11 is 5.33. The van der Waals surface area contributed by atoms with E-state index < -0.39 is 0 Å². The molecule has 0 atom stereocenters. The zero-order valence-electron chi connectivity index (χ0n) is 13.0. The summed E-state index contributed by atoms with van der Waals surface area (Å²) in [7, 11) is 0. The third kappa shape index (κ3) is 4.60. The van der Waals surface area contributed by atoms with Crippen molar-refractivity contribution in [2.45, 2.75) is 25.8 Å². The number of nitrogens with one attached hydrogen (secondary N) is 2. The van der Waals surface area contributed by atoms with Crippen molar-refractivity contribution in [1.82, 2.24) is 5.32 Å². The molecule has 2 aromatic rings. The van der Waals surface area contributed by atoms with Crippen molar-refractivity contribution in [3.63, 3.8) is 0 Å². The van der Waals surface area contributed by atoms with Gasteiger partial charge in [-0.2, -0.15) is 0 Å². The van der Waals surface area contributed by atoms with E-state index in [-0.39, 0.29) is 0 Å². The third-order valence-electron chi connectivity index (χ3n) is 3.41. The molecule has 0 aromatic heterocycles. The fourth-order valence-corrected chi connectivity index (χ4v) is 2.40. The average Bonchev–Trinajstić information content (AvgIpc) is 3.35. The molecular formula is C18H20N2O2S. The molecule has 0 amide bonds. The summed E-state index contributed by atoms with van der Waals surface area (Å²) in [6.07, 6.45) is 2.37. The van der Waals surface area contributed by atoms with Crippen LogP contribution < -0.4 is 20.1 Å². The van der Waals surface area contributed by atoms with Crippen LogP contribution in [0.2, 0.25) is 0 Å². The minimum atomic E-state index is 0.522. The zero-order chi connectivity index (χ0) is 16.1. The Bertz CT molecular complexity index is 669. The summed E-state index contributed by atoms with van der Waals surface area (Å²) in [4.78, 5) is 0. The second-order valence-corrected chi connectivity index (χ2v) is 5.78. The first kappa shape index (κ1) is 15.6. The molecular weight excluding hydrogens is 308 g/mol.